The molecule has 0 atom stereocenters. The van der Waals surface area contributed by atoms with E-state index >= 15 is 0 Å². The van der Waals surface area contributed by atoms with Crippen LogP contribution in [0.25, 0.3) is 11.1 Å². The van der Waals surface area contributed by atoms with Crippen LogP contribution in [0, 0.1) is 0 Å². The van der Waals surface area contributed by atoms with Crippen LogP contribution in [0.15, 0.2) is 36.4 Å². The lowest BCUT2D eigenvalue weighted by Crippen LogP contribution is -2.02. The van der Waals surface area contributed by atoms with Gasteiger partial charge in [-0.05, 0) is 35.4 Å². The Bertz CT molecular complexity index is 724. The van der Waals surface area contributed by atoms with Crippen LogP contribution >= 0.6 is 11.6 Å². The standard InChI is InChI=1S/C15H11ClO5/c1-21-15(20)11-6-8(3-5-12(11)16)9-2-4-10(14(18)19)13(17)7-9/h2-7,17H,1H3,(H,18,19). The van der Waals surface area contributed by atoms with Gasteiger partial charge in [0.05, 0.1) is 17.7 Å². The molecular weight excluding hydrogens is 296 g/mol. The SMILES string of the molecule is COC(=O)c1cc(-c2ccc(C(=O)O)c(O)c2)ccc1Cl. The zero-order chi connectivity index (χ0) is 15.6. The molecule has 0 saturated heterocycles. The van der Waals surface area contributed by atoms with E-state index < -0.39 is 11.9 Å². The van der Waals surface area contributed by atoms with Crippen molar-refractivity contribution >= 4 is 23.5 Å². The molecule has 108 valence electrons. The van der Waals surface area contributed by atoms with E-state index in [0.717, 1.165) is 0 Å². The quantitative estimate of drug-likeness (QED) is 0.851. The van der Waals surface area contributed by atoms with Gasteiger partial charge in [-0.15, -0.1) is 0 Å². The van der Waals surface area contributed by atoms with Crippen molar-refractivity contribution in [1.82, 2.24) is 0 Å². The van der Waals surface area contributed by atoms with E-state index in [1.54, 1.807) is 6.07 Å². The molecule has 0 bridgehead atoms. The highest BCUT2D eigenvalue weighted by Gasteiger charge is 2.14. The third kappa shape index (κ3) is 2.98. The van der Waals surface area contributed by atoms with Crippen molar-refractivity contribution < 1.29 is 24.5 Å². The maximum atomic E-state index is 11.6. The number of aromatic hydroxyl groups is 1. The number of carbonyl (C=O) groups is 2. The summed E-state index contributed by atoms with van der Waals surface area (Å²) in [5, 5.41) is 18.8. The maximum absolute atomic E-state index is 11.6. The van der Waals surface area contributed by atoms with E-state index in [9.17, 15) is 14.7 Å². The van der Waals surface area contributed by atoms with Gasteiger partial charge >= 0.3 is 11.9 Å². The van der Waals surface area contributed by atoms with Gasteiger partial charge in [0.15, 0.2) is 0 Å². The Balaban J connectivity index is 2.50. The predicted octanol–water partition coefficient (Wildman–Crippen LogP) is 3.20. The molecule has 0 aromatic heterocycles. The van der Waals surface area contributed by atoms with Gasteiger partial charge in [-0.2, -0.15) is 0 Å². The predicted molar refractivity (Wildman–Crippen MR) is 76.9 cm³/mol. The van der Waals surface area contributed by atoms with Gasteiger partial charge in [0.25, 0.3) is 0 Å². The number of rotatable bonds is 3. The van der Waals surface area contributed by atoms with Gasteiger partial charge < -0.3 is 14.9 Å². The zero-order valence-electron chi connectivity index (χ0n) is 11.0. The molecule has 0 unspecified atom stereocenters. The summed E-state index contributed by atoms with van der Waals surface area (Å²) >= 11 is 5.93. The second-order valence-electron chi connectivity index (χ2n) is 4.22. The molecule has 0 fully saturated rings. The van der Waals surface area contributed by atoms with Crippen LogP contribution in [-0.2, 0) is 4.74 Å². The monoisotopic (exact) mass is 306 g/mol. The minimum absolute atomic E-state index is 0.193. The van der Waals surface area contributed by atoms with Crippen LogP contribution in [0.3, 0.4) is 0 Å². The molecule has 21 heavy (non-hydrogen) atoms. The first kappa shape index (κ1) is 14.9. The molecule has 0 aliphatic carbocycles. The van der Waals surface area contributed by atoms with Crippen LogP contribution in [0.5, 0.6) is 5.75 Å². The molecule has 0 aliphatic rings. The van der Waals surface area contributed by atoms with E-state index in [2.05, 4.69) is 4.74 Å². The number of carboxylic acids is 1. The average molecular weight is 307 g/mol. The van der Waals surface area contributed by atoms with E-state index in [0.29, 0.717) is 11.1 Å². The molecule has 2 N–H and O–H groups in total. The van der Waals surface area contributed by atoms with Gasteiger partial charge in [0, 0.05) is 0 Å². The first-order valence-corrected chi connectivity index (χ1v) is 6.26. The molecule has 6 heteroatoms. The van der Waals surface area contributed by atoms with Crippen LogP contribution in [-0.4, -0.2) is 29.3 Å². The van der Waals surface area contributed by atoms with Gasteiger partial charge in [0.1, 0.15) is 11.3 Å². The molecule has 2 aromatic rings. The summed E-state index contributed by atoms with van der Waals surface area (Å²) in [5.74, 6) is -2.15. The number of methoxy groups -OCH3 is 1. The maximum Gasteiger partial charge on any atom is 0.339 e. The minimum atomic E-state index is -1.22. The van der Waals surface area contributed by atoms with Crippen molar-refractivity contribution in [2.24, 2.45) is 0 Å². The van der Waals surface area contributed by atoms with Crippen molar-refractivity contribution in [3.05, 3.63) is 52.5 Å². The number of phenols is 1. The number of hydrogen-bond donors (Lipinski definition) is 2. The highest BCUT2D eigenvalue weighted by atomic mass is 35.5. The Morgan fingerprint density at radius 1 is 1.05 bits per heavy atom. The smallest absolute Gasteiger partial charge is 0.339 e. The molecule has 2 aromatic carbocycles. The molecule has 0 saturated carbocycles. The van der Waals surface area contributed by atoms with Crippen LogP contribution in [0.1, 0.15) is 20.7 Å². The van der Waals surface area contributed by atoms with E-state index in [1.165, 1.54) is 37.4 Å². The van der Waals surface area contributed by atoms with Crippen LogP contribution in [0.2, 0.25) is 5.02 Å². The molecular formula is C15H11ClO5. The Hall–Kier alpha value is -2.53. The normalized spacial score (nSPS) is 10.2. The van der Waals surface area contributed by atoms with Gasteiger partial charge in [-0.3, -0.25) is 0 Å². The Kier molecular flexibility index (Phi) is 4.14. The fraction of sp³-hybridized carbons (Fsp3) is 0.0667. The van der Waals surface area contributed by atoms with Crippen LogP contribution in [0.4, 0.5) is 0 Å². The molecule has 5 nitrogen and oxygen atoms in total. The third-order valence-corrected chi connectivity index (χ3v) is 3.26. The Labute approximate surface area is 125 Å². The lowest BCUT2D eigenvalue weighted by atomic mass is 10.0. The van der Waals surface area contributed by atoms with Crippen molar-refractivity contribution in [2.75, 3.05) is 7.11 Å². The second-order valence-corrected chi connectivity index (χ2v) is 4.63. The summed E-state index contributed by atoms with van der Waals surface area (Å²) < 4.78 is 4.63. The summed E-state index contributed by atoms with van der Waals surface area (Å²) in [4.78, 5) is 22.5. The van der Waals surface area contributed by atoms with Crippen molar-refractivity contribution in [2.45, 2.75) is 0 Å². The lowest BCUT2D eigenvalue weighted by Gasteiger charge is -2.08. The molecule has 2 rings (SSSR count). The second kappa shape index (κ2) is 5.85. The van der Waals surface area contributed by atoms with Gasteiger partial charge in [-0.25, -0.2) is 9.59 Å². The highest BCUT2D eigenvalue weighted by Crippen LogP contribution is 2.29. The first-order chi connectivity index (χ1) is 9.93. The number of hydrogen-bond acceptors (Lipinski definition) is 4. The largest absolute Gasteiger partial charge is 0.507 e. The highest BCUT2D eigenvalue weighted by molar-refractivity contribution is 6.33. The fourth-order valence-electron chi connectivity index (χ4n) is 1.86. The molecule has 0 spiro atoms. The summed E-state index contributed by atoms with van der Waals surface area (Å²) in [6, 6.07) is 8.85. The van der Waals surface area contributed by atoms with E-state index in [4.69, 9.17) is 16.7 Å². The van der Waals surface area contributed by atoms with Gasteiger partial charge in [0.2, 0.25) is 0 Å². The van der Waals surface area contributed by atoms with Gasteiger partial charge in [-0.1, -0.05) is 23.7 Å². The lowest BCUT2D eigenvalue weighted by molar-refractivity contribution is 0.0600. The van der Waals surface area contributed by atoms with Crippen molar-refractivity contribution in [3.63, 3.8) is 0 Å². The fourth-order valence-corrected chi connectivity index (χ4v) is 2.06. The number of carboxylic acid groups (broad SMARTS) is 1. The number of esters is 1. The van der Waals surface area contributed by atoms with E-state index in [-0.39, 0.29) is 21.9 Å². The number of carbonyl (C=O) groups excluding carboxylic acids is 1. The topological polar surface area (TPSA) is 83.8 Å². The summed E-state index contributed by atoms with van der Waals surface area (Å²) in [6.45, 7) is 0. The molecule has 0 aliphatic heterocycles. The Morgan fingerprint density at radius 2 is 1.67 bits per heavy atom. The van der Waals surface area contributed by atoms with Crippen molar-refractivity contribution in [1.29, 1.82) is 0 Å². The van der Waals surface area contributed by atoms with Crippen LogP contribution < -0.4 is 0 Å². The zero-order valence-corrected chi connectivity index (χ0v) is 11.7. The Morgan fingerprint density at radius 3 is 2.24 bits per heavy atom. The summed E-state index contributed by atoms with van der Waals surface area (Å²) in [5.41, 5.74) is 1.16. The number of halogens is 1. The number of benzene rings is 2. The van der Waals surface area contributed by atoms with E-state index in [1.807, 2.05) is 0 Å². The molecule has 0 amide bonds. The number of aromatic carboxylic acids is 1. The number of ether oxygens (including phenoxy) is 1. The molecule has 0 heterocycles. The van der Waals surface area contributed by atoms with Crippen molar-refractivity contribution in [3.8, 4) is 16.9 Å². The minimum Gasteiger partial charge on any atom is -0.507 e. The first-order valence-electron chi connectivity index (χ1n) is 5.88. The average Bonchev–Trinajstić information content (AvgIpc) is 2.46. The summed E-state index contributed by atoms with van der Waals surface area (Å²) in [7, 11) is 1.25. The molecule has 0 radical (unpaired) electrons. The third-order valence-electron chi connectivity index (χ3n) is 2.93. The summed E-state index contributed by atoms with van der Waals surface area (Å²) in [6.07, 6.45) is 0.